The van der Waals surface area contributed by atoms with Gasteiger partial charge in [-0.05, 0) is 68.1 Å². The Balaban J connectivity index is 1.37. The van der Waals surface area contributed by atoms with E-state index in [2.05, 4.69) is 39.2 Å². The van der Waals surface area contributed by atoms with Crippen LogP contribution in [0, 0.1) is 13.8 Å². The molecule has 208 valence electrons. The highest BCUT2D eigenvalue weighted by Crippen LogP contribution is 2.36. The zero-order valence-corrected chi connectivity index (χ0v) is 23.6. The summed E-state index contributed by atoms with van der Waals surface area (Å²) in [4.78, 5) is 13.3. The summed E-state index contributed by atoms with van der Waals surface area (Å²) in [5.74, 6) is 2.92. The highest BCUT2D eigenvalue weighted by atomic mass is 16.5. The van der Waals surface area contributed by atoms with Crippen molar-refractivity contribution in [2.24, 2.45) is 0 Å². The second kappa shape index (κ2) is 12.7. The molecule has 0 saturated carbocycles. The van der Waals surface area contributed by atoms with Gasteiger partial charge in [-0.15, -0.1) is 0 Å². The minimum atomic E-state index is 0.0521. The molecule has 2 aromatic carbocycles. The lowest BCUT2D eigenvalue weighted by Gasteiger charge is -2.20. The quantitative estimate of drug-likeness (QED) is 0.168. The molecule has 9 nitrogen and oxygen atoms in total. The number of hydrogen-bond donors (Lipinski definition) is 1. The monoisotopic (exact) mass is 540 g/mol. The molecule has 40 heavy (non-hydrogen) atoms. The number of hydrogen-bond acceptors (Lipinski definition) is 8. The fourth-order valence-corrected chi connectivity index (χ4v) is 4.58. The average molecular weight is 541 g/mol. The van der Waals surface area contributed by atoms with Gasteiger partial charge in [0.15, 0.2) is 5.65 Å². The highest BCUT2D eigenvalue weighted by molar-refractivity contribution is 5.96. The minimum absolute atomic E-state index is 0.0521. The van der Waals surface area contributed by atoms with E-state index in [1.165, 1.54) is 6.33 Å². The van der Waals surface area contributed by atoms with Crippen molar-refractivity contribution in [2.75, 3.05) is 18.5 Å². The maximum absolute atomic E-state index is 6.44. The third-order valence-electron chi connectivity index (χ3n) is 6.72. The van der Waals surface area contributed by atoms with Crippen LogP contribution >= 0.6 is 0 Å². The Morgan fingerprint density at radius 1 is 0.925 bits per heavy atom. The Morgan fingerprint density at radius 2 is 1.82 bits per heavy atom. The summed E-state index contributed by atoms with van der Waals surface area (Å²) in [6, 6.07) is 13.7. The number of nitrogens with zero attached hydrogens (tertiary/aromatic N) is 5. The van der Waals surface area contributed by atoms with Gasteiger partial charge in [0.1, 0.15) is 42.3 Å². The van der Waals surface area contributed by atoms with E-state index in [1.54, 1.807) is 10.8 Å². The van der Waals surface area contributed by atoms with Crippen molar-refractivity contribution >= 4 is 28.1 Å². The highest BCUT2D eigenvalue weighted by Gasteiger charge is 2.17. The molecule has 5 aromatic rings. The van der Waals surface area contributed by atoms with Crippen molar-refractivity contribution in [3.05, 3.63) is 72.4 Å². The Hall–Kier alpha value is -4.24. The van der Waals surface area contributed by atoms with E-state index in [0.29, 0.717) is 18.2 Å². The zero-order valence-electron chi connectivity index (χ0n) is 23.6. The van der Waals surface area contributed by atoms with Crippen LogP contribution in [0.15, 0.2) is 61.3 Å². The van der Waals surface area contributed by atoms with Gasteiger partial charge in [-0.1, -0.05) is 32.8 Å². The smallest absolute Gasteiger partial charge is 0.158 e. The molecule has 0 spiro atoms. The van der Waals surface area contributed by atoms with Crippen LogP contribution < -0.4 is 14.8 Å². The minimum Gasteiger partial charge on any atom is -0.490 e. The number of fused-ring (bicyclic) bond motifs is 2. The molecule has 0 aliphatic rings. The number of aryl methyl sites for hydroxylation is 2. The van der Waals surface area contributed by atoms with Gasteiger partial charge >= 0.3 is 0 Å². The number of ether oxygens (including phenoxy) is 3. The van der Waals surface area contributed by atoms with Crippen LogP contribution in [0.25, 0.3) is 16.6 Å². The predicted octanol–water partition coefficient (Wildman–Crippen LogP) is 7.19. The molecule has 3 aromatic heterocycles. The van der Waals surface area contributed by atoms with Gasteiger partial charge in [0.05, 0.1) is 17.0 Å². The normalized spacial score (nSPS) is 12.1. The van der Waals surface area contributed by atoms with Crippen molar-refractivity contribution in [1.82, 2.24) is 24.6 Å². The molecule has 5 rings (SSSR count). The SMILES string of the molecule is CCCCC(COc1c(C)ccc2ncnc(Nc3ccc(Oc4ccn5ncnc5c4)c(C)c3)c12)OCCC. The predicted molar refractivity (Wildman–Crippen MR) is 157 cm³/mol. The lowest BCUT2D eigenvalue weighted by atomic mass is 10.1. The van der Waals surface area contributed by atoms with Gasteiger partial charge in [-0.2, -0.15) is 5.10 Å². The molecule has 1 atom stereocenters. The lowest BCUT2D eigenvalue weighted by Crippen LogP contribution is -2.22. The van der Waals surface area contributed by atoms with Crippen molar-refractivity contribution in [3.8, 4) is 17.2 Å². The van der Waals surface area contributed by atoms with E-state index < -0.39 is 0 Å². The first-order chi connectivity index (χ1) is 19.6. The standard InChI is InChI=1S/C31H36N6O3/c1-5-7-8-25(38-15-6-2)18-39-30-21(3)9-11-26-29(30)31(34-19-32-26)36-23-10-12-27(22(4)16-23)40-24-13-14-37-28(17-24)33-20-35-37/h9-14,16-17,19-20,25H,5-8,15,18H2,1-4H3,(H,32,34,36). The van der Waals surface area contributed by atoms with Gasteiger partial charge in [0, 0.05) is 24.6 Å². The molecule has 0 aliphatic carbocycles. The van der Waals surface area contributed by atoms with Crippen LogP contribution in [0.3, 0.4) is 0 Å². The molecule has 0 fully saturated rings. The molecular formula is C31H36N6O3. The van der Waals surface area contributed by atoms with Crippen molar-refractivity contribution in [1.29, 1.82) is 0 Å². The summed E-state index contributed by atoms with van der Waals surface area (Å²) < 4.78 is 20.4. The molecule has 3 heterocycles. The number of nitrogens with one attached hydrogen (secondary N) is 1. The van der Waals surface area contributed by atoms with Crippen LogP contribution in [-0.2, 0) is 4.74 Å². The van der Waals surface area contributed by atoms with E-state index >= 15 is 0 Å². The fourth-order valence-electron chi connectivity index (χ4n) is 4.58. The number of benzene rings is 2. The first-order valence-corrected chi connectivity index (χ1v) is 13.9. The average Bonchev–Trinajstić information content (AvgIpc) is 3.43. The van der Waals surface area contributed by atoms with Gasteiger partial charge in [0.2, 0.25) is 0 Å². The summed E-state index contributed by atoms with van der Waals surface area (Å²) in [5, 5.41) is 8.47. The summed E-state index contributed by atoms with van der Waals surface area (Å²) in [7, 11) is 0. The molecule has 1 N–H and O–H groups in total. The van der Waals surface area contributed by atoms with E-state index in [0.717, 1.165) is 77.2 Å². The van der Waals surface area contributed by atoms with E-state index in [9.17, 15) is 0 Å². The number of aromatic nitrogens is 5. The summed E-state index contributed by atoms with van der Waals surface area (Å²) in [6.07, 6.45) is 9.16. The molecule has 0 radical (unpaired) electrons. The Morgan fingerprint density at radius 3 is 2.65 bits per heavy atom. The maximum atomic E-state index is 6.44. The van der Waals surface area contributed by atoms with E-state index in [-0.39, 0.29) is 6.10 Å². The summed E-state index contributed by atoms with van der Waals surface area (Å²) >= 11 is 0. The molecule has 0 aliphatic heterocycles. The number of unbranched alkanes of at least 4 members (excludes halogenated alkanes) is 1. The maximum Gasteiger partial charge on any atom is 0.158 e. The third-order valence-corrected chi connectivity index (χ3v) is 6.72. The van der Waals surface area contributed by atoms with Gasteiger partial charge in [-0.25, -0.2) is 19.5 Å². The fraction of sp³-hybridized carbons (Fsp3) is 0.355. The summed E-state index contributed by atoms with van der Waals surface area (Å²) in [6.45, 7) is 9.60. The van der Waals surface area contributed by atoms with Gasteiger partial charge in [0.25, 0.3) is 0 Å². The topological polar surface area (TPSA) is 95.7 Å². The van der Waals surface area contributed by atoms with Crippen molar-refractivity contribution in [2.45, 2.75) is 59.5 Å². The van der Waals surface area contributed by atoms with Crippen LogP contribution in [-0.4, -0.2) is 43.9 Å². The number of rotatable bonds is 13. The van der Waals surface area contributed by atoms with Crippen molar-refractivity contribution in [3.63, 3.8) is 0 Å². The van der Waals surface area contributed by atoms with E-state index in [1.807, 2.05) is 62.5 Å². The third kappa shape index (κ3) is 6.31. The van der Waals surface area contributed by atoms with Crippen LogP contribution in [0.1, 0.15) is 50.7 Å². The van der Waals surface area contributed by atoms with Crippen LogP contribution in [0.5, 0.6) is 17.2 Å². The summed E-state index contributed by atoms with van der Waals surface area (Å²) in [5.41, 5.74) is 4.44. The second-order valence-corrected chi connectivity index (χ2v) is 9.91. The lowest BCUT2D eigenvalue weighted by molar-refractivity contribution is 0.0145. The van der Waals surface area contributed by atoms with Gasteiger partial charge < -0.3 is 19.5 Å². The Kier molecular flexibility index (Phi) is 8.71. The Bertz CT molecular complexity index is 1580. The van der Waals surface area contributed by atoms with Crippen LogP contribution in [0.2, 0.25) is 0 Å². The number of pyridine rings is 1. The van der Waals surface area contributed by atoms with Crippen molar-refractivity contribution < 1.29 is 14.2 Å². The van der Waals surface area contributed by atoms with Gasteiger partial charge in [-0.3, -0.25) is 0 Å². The zero-order chi connectivity index (χ0) is 27.9. The largest absolute Gasteiger partial charge is 0.490 e. The first kappa shape index (κ1) is 27.3. The van der Waals surface area contributed by atoms with Crippen LogP contribution in [0.4, 0.5) is 11.5 Å². The molecule has 0 amide bonds. The van der Waals surface area contributed by atoms with E-state index in [4.69, 9.17) is 14.2 Å². The number of anilines is 2. The molecule has 0 bridgehead atoms. The molecule has 0 saturated heterocycles. The molecule has 1 unspecified atom stereocenters. The molecular weight excluding hydrogens is 504 g/mol. The second-order valence-electron chi connectivity index (χ2n) is 9.91. The first-order valence-electron chi connectivity index (χ1n) is 13.9. The molecule has 9 heteroatoms. The Labute approximate surface area is 234 Å².